The van der Waals surface area contributed by atoms with Crippen LogP contribution in [0.25, 0.3) is 0 Å². The Morgan fingerprint density at radius 3 is 2.19 bits per heavy atom. The monoisotopic (exact) mass is 373 g/mol. The minimum Gasteiger partial charge on any atom is -0.473 e. The fraction of sp³-hybridized carbons (Fsp3) is 0.750. The molecule has 2 amide bonds. The fourth-order valence-electron chi connectivity index (χ4n) is 2.73. The molecule has 1 saturated carbocycles. The van der Waals surface area contributed by atoms with Gasteiger partial charge in [-0.25, -0.2) is 14.4 Å². The highest BCUT2D eigenvalue weighted by molar-refractivity contribution is 6.28. The van der Waals surface area contributed by atoms with Crippen molar-refractivity contribution >= 4 is 23.9 Å². The summed E-state index contributed by atoms with van der Waals surface area (Å²) in [5.74, 6) is -4.37. The molecule has 0 aromatic carbocycles. The Hall–Kier alpha value is -2.36. The summed E-state index contributed by atoms with van der Waals surface area (Å²) >= 11 is 0. The van der Waals surface area contributed by atoms with Gasteiger partial charge in [-0.3, -0.25) is 4.79 Å². The van der Waals surface area contributed by atoms with Crippen molar-refractivity contribution in [2.75, 3.05) is 14.1 Å². The number of carbonyl (C=O) groups is 4. The van der Waals surface area contributed by atoms with Crippen LogP contribution in [-0.2, 0) is 23.9 Å². The number of carbonyl (C=O) groups excluding carboxylic acids is 3. The van der Waals surface area contributed by atoms with E-state index in [1.54, 1.807) is 20.8 Å². The van der Waals surface area contributed by atoms with Crippen LogP contribution in [0.3, 0.4) is 0 Å². The van der Waals surface area contributed by atoms with Gasteiger partial charge in [-0.15, -0.1) is 0 Å². The molecule has 0 radical (unpaired) electrons. The molecular weight excluding hydrogens is 346 g/mol. The lowest BCUT2D eigenvalue weighted by atomic mass is 9.79. The van der Waals surface area contributed by atoms with E-state index in [2.05, 4.69) is 5.32 Å². The van der Waals surface area contributed by atoms with Crippen LogP contribution in [0.1, 0.15) is 33.6 Å². The lowest BCUT2D eigenvalue weighted by Gasteiger charge is -2.39. The number of hydrogen-bond donors (Lipinski definition) is 3. The zero-order valence-electron chi connectivity index (χ0n) is 15.6. The highest BCUT2D eigenvalue weighted by atomic mass is 16.6. The van der Waals surface area contributed by atoms with E-state index in [1.807, 2.05) is 0 Å². The number of carboxylic acids is 1. The van der Waals surface area contributed by atoms with Crippen LogP contribution in [0, 0.1) is 5.92 Å². The average Bonchev–Trinajstić information content (AvgIpc) is 2.46. The second kappa shape index (κ2) is 8.35. The van der Waals surface area contributed by atoms with E-state index in [-0.39, 0.29) is 18.7 Å². The summed E-state index contributed by atoms with van der Waals surface area (Å²) in [4.78, 5) is 47.9. The van der Waals surface area contributed by atoms with Gasteiger partial charge in [-0.2, -0.15) is 0 Å². The van der Waals surface area contributed by atoms with E-state index in [1.165, 1.54) is 19.0 Å². The highest BCUT2D eigenvalue weighted by Gasteiger charge is 2.43. The van der Waals surface area contributed by atoms with Crippen LogP contribution in [0.4, 0.5) is 4.79 Å². The molecule has 0 aromatic heterocycles. The van der Waals surface area contributed by atoms with Crippen LogP contribution in [0.5, 0.6) is 0 Å². The first-order valence-electron chi connectivity index (χ1n) is 8.22. The zero-order valence-corrected chi connectivity index (χ0v) is 15.6. The molecule has 0 saturated heterocycles. The number of alkyl carbamates (subject to hydrolysis) is 1. The third-order valence-corrected chi connectivity index (χ3v) is 3.87. The normalized spacial score (nSPS) is 25.8. The Labute approximate surface area is 152 Å². The maximum absolute atomic E-state index is 12.4. The van der Waals surface area contributed by atoms with Crippen molar-refractivity contribution in [3.63, 3.8) is 0 Å². The summed E-state index contributed by atoms with van der Waals surface area (Å²) in [6.45, 7) is 5.15. The second-order valence-electron chi connectivity index (χ2n) is 7.48. The predicted molar refractivity (Wildman–Crippen MR) is 90.1 cm³/mol. The van der Waals surface area contributed by atoms with Crippen molar-refractivity contribution in [2.45, 2.75) is 57.4 Å². The molecule has 10 nitrogen and oxygen atoms in total. The van der Waals surface area contributed by atoms with Crippen LogP contribution in [-0.4, -0.2) is 71.8 Å². The van der Waals surface area contributed by atoms with Gasteiger partial charge in [0, 0.05) is 32.6 Å². The highest BCUT2D eigenvalue weighted by Crippen LogP contribution is 2.28. The van der Waals surface area contributed by atoms with Gasteiger partial charge in [0.2, 0.25) is 5.91 Å². The molecule has 4 N–H and O–H groups in total. The Kier molecular flexibility index (Phi) is 6.96. The fourth-order valence-corrected chi connectivity index (χ4v) is 2.73. The Morgan fingerprint density at radius 2 is 1.73 bits per heavy atom. The number of esters is 1. The standard InChI is InChI=1S/C16H27N3O7/c1-16(2,3)26-15(24)18-10-6-8(12(20)19(4)5)11(7-9(10)17)25-14(23)13(21)22/h8-11H,6-7,17H2,1-5H3,(H,18,24)(H,21,22)/t8-,9+,10-,11?/m1/s1. The molecular formula is C16H27N3O7. The van der Waals surface area contributed by atoms with Crippen molar-refractivity contribution in [1.29, 1.82) is 0 Å². The Bertz CT molecular complexity index is 571. The predicted octanol–water partition coefficient (Wildman–Crippen LogP) is -0.298. The van der Waals surface area contributed by atoms with Gasteiger partial charge in [0.1, 0.15) is 11.7 Å². The number of aliphatic carboxylic acids is 1. The number of nitrogens with two attached hydrogens (primary N) is 1. The molecule has 0 aromatic rings. The summed E-state index contributed by atoms with van der Waals surface area (Å²) in [7, 11) is 3.06. The van der Waals surface area contributed by atoms with E-state index in [9.17, 15) is 19.2 Å². The number of ether oxygens (including phenoxy) is 2. The maximum Gasteiger partial charge on any atom is 0.417 e. The largest absolute Gasteiger partial charge is 0.473 e. The molecule has 4 atom stereocenters. The average molecular weight is 373 g/mol. The van der Waals surface area contributed by atoms with Crippen molar-refractivity contribution < 1.29 is 33.8 Å². The molecule has 0 aliphatic heterocycles. The van der Waals surface area contributed by atoms with Gasteiger partial charge in [-0.05, 0) is 27.2 Å². The molecule has 26 heavy (non-hydrogen) atoms. The molecule has 10 heteroatoms. The van der Waals surface area contributed by atoms with Crippen molar-refractivity contribution in [2.24, 2.45) is 11.7 Å². The smallest absolute Gasteiger partial charge is 0.417 e. The summed E-state index contributed by atoms with van der Waals surface area (Å²) in [5, 5.41) is 11.3. The first-order chi connectivity index (χ1) is 11.8. The minimum atomic E-state index is -1.75. The molecule has 0 spiro atoms. The van der Waals surface area contributed by atoms with Gasteiger partial charge in [0.15, 0.2) is 0 Å². The van der Waals surface area contributed by atoms with Crippen molar-refractivity contribution in [1.82, 2.24) is 10.2 Å². The topological polar surface area (TPSA) is 148 Å². The zero-order chi connectivity index (χ0) is 20.2. The molecule has 1 aliphatic carbocycles. The van der Waals surface area contributed by atoms with Crippen LogP contribution < -0.4 is 11.1 Å². The number of carboxylic acid groups (broad SMARTS) is 1. The Morgan fingerprint density at radius 1 is 1.15 bits per heavy atom. The first kappa shape index (κ1) is 21.7. The number of rotatable bonds is 3. The van der Waals surface area contributed by atoms with Gasteiger partial charge < -0.3 is 30.5 Å². The van der Waals surface area contributed by atoms with E-state index < -0.39 is 47.7 Å². The molecule has 0 heterocycles. The van der Waals surface area contributed by atoms with Gasteiger partial charge in [0.25, 0.3) is 0 Å². The number of amides is 2. The van der Waals surface area contributed by atoms with E-state index in [4.69, 9.17) is 20.3 Å². The van der Waals surface area contributed by atoms with Gasteiger partial charge in [-0.1, -0.05) is 0 Å². The minimum absolute atomic E-state index is 0.0315. The first-order valence-corrected chi connectivity index (χ1v) is 8.22. The lowest BCUT2D eigenvalue weighted by Crippen LogP contribution is -2.58. The molecule has 1 rings (SSSR count). The summed E-state index contributed by atoms with van der Waals surface area (Å²) in [6.07, 6.45) is -1.53. The molecule has 1 aliphatic rings. The van der Waals surface area contributed by atoms with Crippen molar-refractivity contribution in [3.05, 3.63) is 0 Å². The van der Waals surface area contributed by atoms with Crippen molar-refractivity contribution in [3.8, 4) is 0 Å². The van der Waals surface area contributed by atoms with Gasteiger partial charge in [0.05, 0.1) is 5.92 Å². The third kappa shape index (κ3) is 6.17. The third-order valence-electron chi connectivity index (χ3n) is 3.87. The molecule has 1 fully saturated rings. The number of hydrogen-bond acceptors (Lipinski definition) is 7. The van der Waals surface area contributed by atoms with E-state index >= 15 is 0 Å². The summed E-state index contributed by atoms with van der Waals surface area (Å²) in [6, 6.07) is -1.22. The SMILES string of the molecule is CN(C)C(=O)[C@@H]1C[C@@H](NC(=O)OC(C)(C)C)[C@@H](N)CC1OC(=O)C(=O)O. The van der Waals surface area contributed by atoms with E-state index in [0.29, 0.717) is 0 Å². The Balaban J connectivity index is 2.91. The van der Waals surface area contributed by atoms with Crippen LogP contribution in [0.15, 0.2) is 0 Å². The van der Waals surface area contributed by atoms with Crippen LogP contribution >= 0.6 is 0 Å². The molecule has 0 bridgehead atoms. The number of nitrogens with zero attached hydrogens (tertiary/aromatic N) is 1. The van der Waals surface area contributed by atoms with E-state index in [0.717, 1.165) is 0 Å². The molecule has 148 valence electrons. The summed E-state index contributed by atoms with van der Waals surface area (Å²) < 4.78 is 10.1. The number of nitrogens with one attached hydrogen (secondary N) is 1. The second-order valence-corrected chi connectivity index (χ2v) is 7.48. The maximum atomic E-state index is 12.4. The summed E-state index contributed by atoms with van der Waals surface area (Å²) in [5.41, 5.74) is 5.34. The van der Waals surface area contributed by atoms with Gasteiger partial charge >= 0.3 is 18.0 Å². The quantitative estimate of drug-likeness (QED) is 0.451. The molecule has 1 unspecified atom stereocenters. The van der Waals surface area contributed by atoms with Crippen LogP contribution in [0.2, 0.25) is 0 Å². The lowest BCUT2D eigenvalue weighted by molar-refractivity contribution is -0.172.